The smallest absolute Gasteiger partial charge is 0.169 e. The van der Waals surface area contributed by atoms with Gasteiger partial charge in [-0.25, -0.2) is 0 Å². The van der Waals surface area contributed by atoms with E-state index in [2.05, 4.69) is 39.4 Å². The summed E-state index contributed by atoms with van der Waals surface area (Å²) in [6.07, 6.45) is 0.990. The van der Waals surface area contributed by atoms with Crippen LogP contribution in [0, 0.1) is 0 Å². The molecule has 1 aliphatic heterocycles. The van der Waals surface area contributed by atoms with E-state index in [4.69, 9.17) is 21.7 Å². The number of hydrogen-bond donors (Lipinski definition) is 1. The van der Waals surface area contributed by atoms with Crippen molar-refractivity contribution >= 4 is 17.3 Å². The molecule has 0 saturated carbocycles. The number of rotatable bonds is 8. The first-order chi connectivity index (χ1) is 13.7. The van der Waals surface area contributed by atoms with Crippen molar-refractivity contribution in [3.8, 4) is 11.5 Å². The van der Waals surface area contributed by atoms with Crippen molar-refractivity contribution in [3.05, 3.63) is 60.2 Å². The molecule has 1 fully saturated rings. The van der Waals surface area contributed by atoms with Gasteiger partial charge in [0.2, 0.25) is 0 Å². The van der Waals surface area contributed by atoms with Crippen LogP contribution >= 0.6 is 12.2 Å². The summed E-state index contributed by atoms with van der Waals surface area (Å²) in [6.45, 7) is 6.41. The van der Waals surface area contributed by atoms with Gasteiger partial charge in [-0.2, -0.15) is 0 Å². The van der Waals surface area contributed by atoms with Crippen molar-refractivity contribution in [1.29, 1.82) is 0 Å². The first-order valence-corrected chi connectivity index (χ1v) is 10.2. The summed E-state index contributed by atoms with van der Waals surface area (Å²) in [5.41, 5.74) is 1.33. The number of benzene rings is 2. The molecular formula is C22H29N3O2S. The molecule has 2 aromatic rings. The van der Waals surface area contributed by atoms with Crippen molar-refractivity contribution in [2.75, 3.05) is 53.0 Å². The minimum atomic E-state index is 0.687. The summed E-state index contributed by atoms with van der Waals surface area (Å²) in [5.74, 6) is 1.72. The van der Waals surface area contributed by atoms with E-state index >= 15 is 0 Å². The van der Waals surface area contributed by atoms with Crippen molar-refractivity contribution in [2.24, 2.45) is 0 Å². The fourth-order valence-corrected chi connectivity index (χ4v) is 3.49. The molecule has 1 aliphatic rings. The fraction of sp³-hybridized carbons (Fsp3) is 0.409. The van der Waals surface area contributed by atoms with E-state index in [1.54, 1.807) is 7.11 Å². The van der Waals surface area contributed by atoms with Crippen molar-refractivity contribution < 1.29 is 9.47 Å². The van der Waals surface area contributed by atoms with E-state index in [1.165, 1.54) is 5.56 Å². The van der Waals surface area contributed by atoms with Crippen LogP contribution in [0.15, 0.2) is 54.6 Å². The zero-order valence-corrected chi connectivity index (χ0v) is 17.3. The monoisotopic (exact) mass is 399 g/mol. The third kappa shape index (κ3) is 6.39. The number of methoxy groups -OCH3 is 1. The Hall–Kier alpha value is -2.31. The molecule has 2 aromatic carbocycles. The van der Waals surface area contributed by atoms with Crippen LogP contribution in [0.5, 0.6) is 11.5 Å². The lowest BCUT2D eigenvalue weighted by Gasteiger charge is -2.36. The summed E-state index contributed by atoms with van der Waals surface area (Å²) in [7, 11) is 1.67. The van der Waals surface area contributed by atoms with Gasteiger partial charge in [-0.1, -0.05) is 30.3 Å². The molecule has 0 atom stereocenters. The molecule has 0 aromatic heterocycles. The number of nitrogens with one attached hydrogen (secondary N) is 1. The highest BCUT2D eigenvalue weighted by Crippen LogP contribution is 2.17. The van der Waals surface area contributed by atoms with Crippen LogP contribution in [0.4, 0.5) is 0 Å². The third-order valence-electron chi connectivity index (χ3n) is 4.93. The van der Waals surface area contributed by atoms with Gasteiger partial charge in [-0.05, 0) is 48.5 Å². The number of ether oxygens (including phenoxy) is 2. The number of hydrogen-bond acceptors (Lipinski definition) is 4. The first-order valence-electron chi connectivity index (χ1n) is 9.80. The van der Waals surface area contributed by atoms with Gasteiger partial charge in [0.15, 0.2) is 5.11 Å². The molecule has 0 radical (unpaired) electrons. The third-order valence-corrected chi connectivity index (χ3v) is 5.33. The molecule has 0 spiro atoms. The summed E-state index contributed by atoms with van der Waals surface area (Å²) in [5, 5.41) is 4.26. The summed E-state index contributed by atoms with van der Waals surface area (Å²) >= 11 is 5.56. The van der Waals surface area contributed by atoms with Gasteiger partial charge in [-0.3, -0.25) is 4.90 Å². The molecule has 150 valence electrons. The van der Waals surface area contributed by atoms with Crippen LogP contribution < -0.4 is 14.8 Å². The maximum absolute atomic E-state index is 5.83. The van der Waals surface area contributed by atoms with Crippen LogP contribution in [0.2, 0.25) is 0 Å². The van der Waals surface area contributed by atoms with E-state index in [0.29, 0.717) is 6.61 Å². The number of thiocarbonyl (C=S) groups is 1. The SMILES string of the molecule is COc1ccc(OCCN2CCN(C(=S)NCCc3ccccc3)CC2)cc1. The average Bonchev–Trinajstić information content (AvgIpc) is 2.75. The highest BCUT2D eigenvalue weighted by molar-refractivity contribution is 7.80. The van der Waals surface area contributed by atoms with Crippen molar-refractivity contribution in [2.45, 2.75) is 6.42 Å². The number of piperazine rings is 1. The average molecular weight is 400 g/mol. The van der Waals surface area contributed by atoms with Gasteiger partial charge in [0.05, 0.1) is 7.11 Å². The molecule has 1 heterocycles. The largest absolute Gasteiger partial charge is 0.497 e. The zero-order chi connectivity index (χ0) is 19.6. The zero-order valence-electron chi connectivity index (χ0n) is 16.5. The second kappa shape index (κ2) is 10.9. The van der Waals surface area contributed by atoms with Gasteiger partial charge in [0.1, 0.15) is 18.1 Å². The van der Waals surface area contributed by atoms with E-state index in [1.807, 2.05) is 30.3 Å². The summed E-state index contributed by atoms with van der Waals surface area (Å²) in [4.78, 5) is 4.69. The van der Waals surface area contributed by atoms with E-state index in [9.17, 15) is 0 Å². The van der Waals surface area contributed by atoms with Gasteiger partial charge >= 0.3 is 0 Å². The Morgan fingerprint density at radius 3 is 2.32 bits per heavy atom. The molecule has 5 nitrogen and oxygen atoms in total. The van der Waals surface area contributed by atoms with Crippen LogP contribution in [0.25, 0.3) is 0 Å². The maximum atomic E-state index is 5.83. The Kier molecular flexibility index (Phi) is 7.94. The Bertz CT molecular complexity index is 716. The molecule has 1 saturated heterocycles. The van der Waals surface area contributed by atoms with E-state index in [-0.39, 0.29) is 0 Å². The van der Waals surface area contributed by atoms with Gasteiger partial charge < -0.3 is 19.7 Å². The molecule has 1 N–H and O–H groups in total. The topological polar surface area (TPSA) is 37.0 Å². The lowest BCUT2D eigenvalue weighted by molar-refractivity contribution is 0.153. The van der Waals surface area contributed by atoms with Crippen LogP contribution in [0.3, 0.4) is 0 Å². The Balaban J connectivity index is 1.29. The predicted octanol–water partition coefficient (Wildman–Crippen LogP) is 2.81. The second-order valence-electron chi connectivity index (χ2n) is 6.82. The van der Waals surface area contributed by atoms with Gasteiger partial charge in [-0.15, -0.1) is 0 Å². The van der Waals surface area contributed by atoms with Crippen LogP contribution in [-0.4, -0.2) is 67.9 Å². The van der Waals surface area contributed by atoms with Crippen molar-refractivity contribution in [1.82, 2.24) is 15.1 Å². The molecule has 28 heavy (non-hydrogen) atoms. The lowest BCUT2D eigenvalue weighted by atomic mass is 10.1. The molecule has 0 unspecified atom stereocenters. The molecular weight excluding hydrogens is 370 g/mol. The minimum absolute atomic E-state index is 0.687. The Morgan fingerprint density at radius 2 is 1.64 bits per heavy atom. The quantitative estimate of drug-likeness (QED) is 0.688. The molecule has 0 bridgehead atoms. The molecule has 0 aliphatic carbocycles. The molecule has 6 heteroatoms. The molecule has 3 rings (SSSR count). The summed E-state index contributed by atoms with van der Waals surface area (Å²) < 4.78 is 11.0. The molecule has 0 amide bonds. The second-order valence-corrected chi connectivity index (χ2v) is 7.21. The number of nitrogens with zero attached hydrogens (tertiary/aromatic N) is 2. The normalized spacial score (nSPS) is 14.5. The summed E-state index contributed by atoms with van der Waals surface area (Å²) in [6, 6.07) is 18.2. The first kappa shape index (κ1) is 20.4. The minimum Gasteiger partial charge on any atom is -0.497 e. The highest BCUT2D eigenvalue weighted by atomic mass is 32.1. The van der Waals surface area contributed by atoms with E-state index in [0.717, 1.165) is 62.3 Å². The van der Waals surface area contributed by atoms with Crippen LogP contribution in [-0.2, 0) is 6.42 Å². The van der Waals surface area contributed by atoms with Crippen molar-refractivity contribution in [3.63, 3.8) is 0 Å². The predicted molar refractivity (Wildman–Crippen MR) is 117 cm³/mol. The van der Waals surface area contributed by atoms with E-state index < -0.39 is 0 Å². The Morgan fingerprint density at radius 1 is 0.964 bits per heavy atom. The van der Waals surface area contributed by atoms with Crippen LogP contribution in [0.1, 0.15) is 5.56 Å². The standard InChI is InChI=1S/C22H29N3O2S/c1-26-20-7-9-21(10-8-20)27-18-17-24-13-15-25(16-14-24)22(28)23-12-11-19-5-3-2-4-6-19/h2-10H,11-18H2,1H3,(H,23,28). The lowest BCUT2D eigenvalue weighted by Crippen LogP contribution is -2.52. The fourth-order valence-electron chi connectivity index (χ4n) is 3.21. The maximum Gasteiger partial charge on any atom is 0.169 e. The van der Waals surface area contributed by atoms with Gasteiger partial charge in [0.25, 0.3) is 0 Å². The Labute approximate surface area is 173 Å². The highest BCUT2D eigenvalue weighted by Gasteiger charge is 2.18. The van der Waals surface area contributed by atoms with Gasteiger partial charge in [0, 0.05) is 39.3 Å².